The molecule has 0 N–H and O–H groups in total. The quantitative estimate of drug-likeness (QED) is 0.581. The van der Waals surface area contributed by atoms with Crippen LogP contribution >= 0.6 is 0 Å². The number of hydrogen-bond acceptors (Lipinski definition) is 5. The second-order valence-corrected chi connectivity index (χ2v) is 5.29. The number of nitro benzene ring substituents is 1. The minimum atomic E-state index is -4.56. The van der Waals surface area contributed by atoms with Crippen LogP contribution in [0.3, 0.4) is 0 Å². The summed E-state index contributed by atoms with van der Waals surface area (Å²) >= 11 is 0. The summed E-state index contributed by atoms with van der Waals surface area (Å²) < 4.78 is 43.4. The number of rotatable bonds is 6. The number of non-ortho nitro benzene ring substituents is 1. The highest BCUT2D eigenvalue weighted by atomic mass is 19.4. The van der Waals surface area contributed by atoms with Gasteiger partial charge in [-0.15, -0.1) is 0 Å². The summed E-state index contributed by atoms with van der Waals surface area (Å²) in [4.78, 5) is 34.7. The molecular weight excluding hydrogens is 347 g/mol. The number of hydrogen-bond donors (Lipinski definition) is 0. The van der Waals surface area contributed by atoms with E-state index in [2.05, 4.69) is 0 Å². The SMILES string of the molecule is CCCN(CC(F)(F)F)C(=O)Cn1c(=O)oc2cc([N+](=O)[O-])ccc21. The van der Waals surface area contributed by atoms with Gasteiger partial charge in [0, 0.05) is 12.6 Å². The van der Waals surface area contributed by atoms with Crippen LogP contribution in [0.15, 0.2) is 27.4 Å². The fourth-order valence-electron chi connectivity index (χ4n) is 2.33. The monoisotopic (exact) mass is 361 g/mol. The first-order valence-corrected chi connectivity index (χ1v) is 7.24. The van der Waals surface area contributed by atoms with Crippen LogP contribution in [-0.4, -0.2) is 39.6 Å². The van der Waals surface area contributed by atoms with Crippen LogP contribution in [0.4, 0.5) is 18.9 Å². The van der Waals surface area contributed by atoms with Crippen molar-refractivity contribution < 1.29 is 27.3 Å². The second-order valence-electron chi connectivity index (χ2n) is 5.29. The number of carbonyl (C=O) groups is 1. The van der Waals surface area contributed by atoms with Crippen molar-refractivity contribution in [1.82, 2.24) is 9.47 Å². The third kappa shape index (κ3) is 4.37. The maximum Gasteiger partial charge on any atom is 0.420 e. The van der Waals surface area contributed by atoms with Gasteiger partial charge in [0.1, 0.15) is 13.1 Å². The van der Waals surface area contributed by atoms with E-state index in [1.807, 2.05) is 0 Å². The minimum absolute atomic E-state index is 0.0902. The largest absolute Gasteiger partial charge is 0.420 e. The Bertz CT molecular complexity index is 855. The highest BCUT2D eigenvalue weighted by molar-refractivity contribution is 5.80. The lowest BCUT2D eigenvalue weighted by Crippen LogP contribution is -2.42. The summed E-state index contributed by atoms with van der Waals surface area (Å²) in [6.07, 6.45) is -4.25. The van der Waals surface area contributed by atoms with Crippen LogP contribution in [0, 0.1) is 10.1 Å². The van der Waals surface area contributed by atoms with E-state index >= 15 is 0 Å². The Hall–Kier alpha value is -2.85. The van der Waals surface area contributed by atoms with Gasteiger partial charge in [-0.25, -0.2) is 4.79 Å². The summed E-state index contributed by atoms with van der Waals surface area (Å²) in [5.74, 6) is -1.88. The average Bonchev–Trinajstić information content (AvgIpc) is 2.80. The van der Waals surface area contributed by atoms with Crippen LogP contribution in [-0.2, 0) is 11.3 Å². The number of halogens is 3. The number of benzene rings is 1. The molecule has 0 bridgehead atoms. The number of alkyl halides is 3. The molecule has 0 saturated carbocycles. The van der Waals surface area contributed by atoms with Crippen molar-refractivity contribution in [3.8, 4) is 0 Å². The second kappa shape index (κ2) is 6.95. The molecule has 0 atom stereocenters. The first-order chi connectivity index (χ1) is 11.6. The minimum Gasteiger partial charge on any atom is -0.407 e. The van der Waals surface area contributed by atoms with Gasteiger partial charge < -0.3 is 9.32 Å². The average molecular weight is 361 g/mol. The Balaban J connectivity index is 2.32. The Kier molecular flexibility index (Phi) is 5.14. The lowest BCUT2D eigenvalue weighted by Gasteiger charge is -2.23. The van der Waals surface area contributed by atoms with Crippen LogP contribution < -0.4 is 5.76 Å². The Morgan fingerprint density at radius 2 is 2.08 bits per heavy atom. The third-order valence-corrected chi connectivity index (χ3v) is 3.37. The third-order valence-electron chi connectivity index (χ3n) is 3.37. The van der Waals surface area contributed by atoms with Crippen molar-refractivity contribution in [2.24, 2.45) is 0 Å². The molecule has 0 aliphatic carbocycles. The van der Waals surface area contributed by atoms with Gasteiger partial charge in [-0.1, -0.05) is 6.92 Å². The molecule has 2 rings (SSSR count). The van der Waals surface area contributed by atoms with E-state index in [4.69, 9.17) is 4.42 Å². The molecule has 1 aromatic heterocycles. The predicted octanol–water partition coefficient (Wildman–Crippen LogP) is 2.30. The zero-order valence-electron chi connectivity index (χ0n) is 13.1. The molecule has 0 fully saturated rings. The highest BCUT2D eigenvalue weighted by Gasteiger charge is 2.33. The van der Waals surface area contributed by atoms with Gasteiger partial charge in [0.25, 0.3) is 5.69 Å². The fraction of sp³-hybridized carbons (Fsp3) is 0.429. The lowest BCUT2D eigenvalue weighted by atomic mass is 10.3. The van der Waals surface area contributed by atoms with Gasteiger partial charge in [-0.3, -0.25) is 19.5 Å². The van der Waals surface area contributed by atoms with Crippen molar-refractivity contribution in [3.05, 3.63) is 38.9 Å². The smallest absolute Gasteiger partial charge is 0.407 e. The van der Waals surface area contributed by atoms with Crippen molar-refractivity contribution in [1.29, 1.82) is 0 Å². The van der Waals surface area contributed by atoms with Crippen molar-refractivity contribution in [2.45, 2.75) is 26.1 Å². The molecule has 0 unspecified atom stereocenters. The predicted molar refractivity (Wildman–Crippen MR) is 80.1 cm³/mol. The maximum absolute atomic E-state index is 12.6. The first kappa shape index (κ1) is 18.5. The van der Waals surface area contributed by atoms with Crippen molar-refractivity contribution in [3.63, 3.8) is 0 Å². The zero-order chi connectivity index (χ0) is 18.8. The van der Waals surface area contributed by atoms with Crippen LogP contribution in [0.2, 0.25) is 0 Å². The molecule has 0 spiro atoms. The van der Waals surface area contributed by atoms with Gasteiger partial charge in [0.2, 0.25) is 5.91 Å². The molecule has 2 aromatic rings. The molecule has 136 valence electrons. The summed E-state index contributed by atoms with van der Waals surface area (Å²) in [6, 6.07) is 3.33. The van der Waals surface area contributed by atoms with Gasteiger partial charge in [0.15, 0.2) is 5.58 Å². The summed E-state index contributed by atoms with van der Waals surface area (Å²) in [6.45, 7) is -0.570. The van der Waals surface area contributed by atoms with E-state index < -0.39 is 35.9 Å². The fourth-order valence-corrected chi connectivity index (χ4v) is 2.33. The molecule has 25 heavy (non-hydrogen) atoms. The van der Waals surface area contributed by atoms with E-state index in [9.17, 15) is 32.9 Å². The topological polar surface area (TPSA) is 98.6 Å². The summed E-state index contributed by atoms with van der Waals surface area (Å²) in [7, 11) is 0. The van der Waals surface area contributed by atoms with Gasteiger partial charge >= 0.3 is 11.9 Å². The first-order valence-electron chi connectivity index (χ1n) is 7.24. The molecule has 1 aromatic carbocycles. The number of nitrogens with zero attached hydrogens (tertiary/aromatic N) is 3. The van der Waals surface area contributed by atoms with Crippen LogP contribution in [0.1, 0.15) is 13.3 Å². The van der Waals surface area contributed by atoms with E-state index in [0.29, 0.717) is 11.3 Å². The molecule has 0 aliphatic rings. The Morgan fingerprint density at radius 1 is 1.40 bits per heavy atom. The molecule has 11 heteroatoms. The molecular formula is C14H14F3N3O5. The molecule has 0 aliphatic heterocycles. The highest BCUT2D eigenvalue weighted by Crippen LogP contribution is 2.21. The molecule has 1 amide bonds. The number of aromatic nitrogens is 1. The lowest BCUT2D eigenvalue weighted by molar-refractivity contribution is -0.384. The number of nitro groups is 1. The van der Waals surface area contributed by atoms with Gasteiger partial charge in [-0.2, -0.15) is 13.2 Å². The van der Waals surface area contributed by atoms with Crippen LogP contribution in [0.5, 0.6) is 0 Å². The molecule has 0 radical (unpaired) electrons. The van der Waals surface area contributed by atoms with Crippen molar-refractivity contribution >= 4 is 22.7 Å². The van der Waals surface area contributed by atoms with Crippen LogP contribution in [0.25, 0.3) is 11.1 Å². The number of carbonyl (C=O) groups excluding carboxylic acids is 1. The molecule has 1 heterocycles. The Morgan fingerprint density at radius 3 is 2.64 bits per heavy atom. The Labute approximate surface area is 138 Å². The number of fused-ring (bicyclic) bond motifs is 1. The van der Waals surface area contributed by atoms with Crippen molar-refractivity contribution in [2.75, 3.05) is 13.1 Å². The maximum atomic E-state index is 12.6. The molecule has 0 saturated heterocycles. The van der Waals surface area contributed by atoms with Gasteiger partial charge in [-0.05, 0) is 12.5 Å². The van der Waals surface area contributed by atoms with E-state index in [-0.39, 0.29) is 23.3 Å². The van der Waals surface area contributed by atoms with E-state index in [1.165, 1.54) is 6.07 Å². The number of amides is 1. The molecule has 8 nitrogen and oxygen atoms in total. The standard InChI is InChI=1S/C14H14F3N3O5/c1-2-5-18(8-14(15,16)17)12(21)7-19-10-4-3-9(20(23)24)6-11(10)25-13(19)22/h3-4,6H,2,5,7-8H2,1H3. The number of oxazole rings is 1. The summed E-state index contributed by atoms with van der Waals surface area (Å²) in [5, 5.41) is 10.7. The summed E-state index contributed by atoms with van der Waals surface area (Å²) in [5.41, 5.74) is -0.346. The van der Waals surface area contributed by atoms with Gasteiger partial charge in [0.05, 0.1) is 16.5 Å². The van der Waals surface area contributed by atoms with E-state index in [1.54, 1.807) is 6.92 Å². The van der Waals surface area contributed by atoms with E-state index in [0.717, 1.165) is 16.7 Å². The normalized spacial score (nSPS) is 11.7. The zero-order valence-corrected chi connectivity index (χ0v) is 13.1.